The van der Waals surface area contributed by atoms with E-state index in [1.165, 1.54) is 0 Å². The second-order valence-corrected chi connectivity index (χ2v) is 3.86. The summed E-state index contributed by atoms with van der Waals surface area (Å²) in [5.41, 5.74) is 0. The average molecular weight is 225 g/mol. The fraction of sp³-hybridized carbons (Fsp3) is 0.636. The third-order valence-electron chi connectivity index (χ3n) is 2.14. The number of H-pyrrole nitrogens is 1. The molecule has 1 rings (SSSR count). The van der Waals surface area contributed by atoms with Crippen LogP contribution in [0.3, 0.4) is 0 Å². The second-order valence-electron chi connectivity index (χ2n) is 3.86. The van der Waals surface area contributed by atoms with Gasteiger partial charge >= 0.3 is 0 Å². The molecule has 16 heavy (non-hydrogen) atoms. The minimum absolute atomic E-state index is 0.0643. The molecular formula is C11H19N3O2. The van der Waals surface area contributed by atoms with Gasteiger partial charge in [0.05, 0.1) is 12.1 Å². The van der Waals surface area contributed by atoms with E-state index in [0.29, 0.717) is 0 Å². The second kappa shape index (κ2) is 6.27. The Morgan fingerprint density at radius 3 is 2.88 bits per heavy atom. The highest BCUT2D eigenvalue weighted by Crippen LogP contribution is 2.10. The Bertz CT molecular complexity index is 309. The van der Waals surface area contributed by atoms with Gasteiger partial charge in [-0.2, -0.15) is 0 Å². The molecule has 0 aliphatic carbocycles. The van der Waals surface area contributed by atoms with Gasteiger partial charge in [0.1, 0.15) is 12.4 Å². The van der Waals surface area contributed by atoms with Crippen molar-refractivity contribution in [3.63, 3.8) is 0 Å². The third-order valence-corrected chi connectivity index (χ3v) is 2.14. The van der Waals surface area contributed by atoms with Crippen LogP contribution in [0.2, 0.25) is 0 Å². The average Bonchev–Trinajstić information content (AvgIpc) is 2.76. The van der Waals surface area contributed by atoms with E-state index in [0.717, 1.165) is 12.2 Å². The van der Waals surface area contributed by atoms with E-state index in [1.807, 2.05) is 20.8 Å². The highest BCUT2D eigenvalue weighted by Gasteiger charge is 2.14. The normalized spacial score (nSPS) is 12.8. The predicted octanol–water partition coefficient (Wildman–Crippen LogP) is 1.40. The van der Waals surface area contributed by atoms with Crippen LogP contribution in [0, 0.1) is 0 Å². The minimum Gasteiger partial charge on any atom is -0.369 e. The summed E-state index contributed by atoms with van der Waals surface area (Å²) >= 11 is 0. The molecule has 0 bridgehead atoms. The first-order valence-electron chi connectivity index (χ1n) is 5.53. The lowest BCUT2D eigenvalue weighted by atomic mass is 10.2. The van der Waals surface area contributed by atoms with Gasteiger partial charge < -0.3 is 15.0 Å². The van der Waals surface area contributed by atoms with Crippen LogP contribution < -0.4 is 5.32 Å². The topological polar surface area (TPSA) is 67.0 Å². The first-order valence-corrected chi connectivity index (χ1v) is 5.53. The maximum Gasteiger partial charge on any atom is 0.246 e. The molecule has 5 heteroatoms. The van der Waals surface area contributed by atoms with E-state index in [1.54, 1.807) is 12.4 Å². The van der Waals surface area contributed by atoms with Crippen molar-refractivity contribution in [2.45, 2.75) is 39.3 Å². The molecule has 2 N–H and O–H groups in total. The summed E-state index contributed by atoms with van der Waals surface area (Å²) in [6, 6.07) is -0.0711. The van der Waals surface area contributed by atoms with Gasteiger partial charge in [-0.25, -0.2) is 4.98 Å². The number of imidazole rings is 1. The molecule has 0 spiro atoms. The molecule has 1 amide bonds. The van der Waals surface area contributed by atoms with Crippen molar-refractivity contribution in [3.8, 4) is 0 Å². The highest BCUT2D eigenvalue weighted by molar-refractivity contribution is 5.77. The Morgan fingerprint density at radius 1 is 1.62 bits per heavy atom. The van der Waals surface area contributed by atoms with E-state index in [2.05, 4.69) is 15.3 Å². The van der Waals surface area contributed by atoms with Crippen LogP contribution in [-0.2, 0) is 9.53 Å². The monoisotopic (exact) mass is 225 g/mol. The quantitative estimate of drug-likeness (QED) is 0.769. The number of nitrogens with zero attached hydrogens (tertiary/aromatic N) is 1. The molecule has 0 aliphatic rings. The smallest absolute Gasteiger partial charge is 0.246 e. The molecule has 0 saturated carbocycles. The molecule has 5 nitrogen and oxygen atoms in total. The summed E-state index contributed by atoms with van der Waals surface area (Å²) in [5.74, 6) is 0.664. The van der Waals surface area contributed by atoms with Crippen LogP contribution in [-0.4, -0.2) is 28.6 Å². The van der Waals surface area contributed by atoms with Crippen LogP contribution in [0.5, 0.6) is 0 Å². The lowest BCUT2D eigenvalue weighted by Gasteiger charge is -2.15. The van der Waals surface area contributed by atoms with Crippen molar-refractivity contribution in [2.75, 3.05) is 6.61 Å². The van der Waals surface area contributed by atoms with Crippen LogP contribution in [0.1, 0.15) is 39.1 Å². The van der Waals surface area contributed by atoms with Crippen molar-refractivity contribution >= 4 is 5.91 Å². The summed E-state index contributed by atoms with van der Waals surface area (Å²) in [6.07, 6.45) is 4.28. The van der Waals surface area contributed by atoms with E-state index in [-0.39, 0.29) is 24.7 Å². The number of aromatic amines is 1. The zero-order chi connectivity index (χ0) is 12.0. The van der Waals surface area contributed by atoms with Gasteiger partial charge in [0.2, 0.25) is 5.91 Å². The van der Waals surface area contributed by atoms with Crippen molar-refractivity contribution < 1.29 is 9.53 Å². The number of carbonyl (C=O) groups is 1. The first kappa shape index (κ1) is 12.7. The Balaban J connectivity index is 2.42. The van der Waals surface area contributed by atoms with Gasteiger partial charge in [-0.1, -0.05) is 6.92 Å². The van der Waals surface area contributed by atoms with Crippen molar-refractivity contribution in [1.82, 2.24) is 15.3 Å². The summed E-state index contributed by atoms with van der Waals surface area (Å²) < 4.78 is 5.22. The lowest BCUT2D eigenvalue weighted by molar-refractivity contribution is -0.127. The zero-order valence-electron chi connectivity index (χ0n) is 9.99. The Kier molecular flexibility index (Phi) is 4.98. The SMILES string of the molecule is CCC(NC(=O)COC(C)C)c1ncc[nH]1. The number of rotatable bonds is 6. The molecule has 0 aromatic carbocycles. The molecular weight excluding hydrogens is 206 g/mol. The molecule has 1 aromatic rings. The lowest BCUT2D eigenvalue weighted by Crippen LogP contribution is -2.32. The molecule has 1 unspecified atom stereocenters. The number of hydrogen-bond donors (Lipinski definition) is 2. The minimum atomic E-state index is -0.114. The molecule has 1 heterocycles. The van der Waals surface area contributed by atoms with Gasteiger partial charge in [-0.3, -0.25) is 4.79 Å². The molecule has 0 radical (unpaired) electrons. The van der Waals surface area contributed by atoms with E-state index >= 15 is 0 Å². The number of hydrogen-bond acceptors (Lipinski definition) is 3. The summed E-state index contributed by atoms with van der Waals surface area (Å²) in [4.78, 5) is 18.7. The summed E-state index contributed by atoms with van der Waals surface area (Å²) in [5, 5.41) is 2.87. The fourth-order valence-corrected chi connectivity index (χ4v) is 1.31. The fourth-order valence-electron chi connectivity index (χ4n) is 1.31. The highest BCUT2D eigenvalue weighted by atomic mass is 16.5. The zero-order valence-corrected chi connectivity index (χ0v) is 9.99. The number of carbonyl (C=O) groups excluding carboxylic acids is 1. The Hall–Kier alpha value is -1.36. The van der Waals surface area contributed by atoms with E-state index < -0.39 is 0 Å². The van der Waals surface area contributed by atoms with Crippen LogP contribution in [0.25, 0.3) is 0 Å². The van der Waals surface area contributed by atoms with Gasteiger partial charge in [0, 0.05) is 12.4 Å². The first-order chi connectivity index (χ1) is 7.63. The predicted molar refractivity (Wildman–Crippen MR) is 60.9 cm³/mol. The summed E-state index contributed by atoms with van der Waals surface area (Å²) in [7, 11) is 0. The molecule has 1 atom stereocenters. The van der Waals surface area contributed by atoms with Gasteiger partial charge in [0.15, 0.2) is 0 Å². The standard InChI is InChI=1S/C11H19N3O2/c1-4-9(11-12-5-6-13-11)14-10(15)7-16-8(2)3/h5-6,8-9H,4,7H2,1-3H3,(H,12,13)(H,14,15). The largest absolute Gasteiger partial charge is 0.369 e. The molecule has 1 aromatic heterocycles. The van der Waals surface area contributed by atoms with Crippen molar-refractivity contribution in [3.05, 3.63) is 18.2 Å². The van der Waals surface area contributed by atoms with Gasteiger partial charge in [0.25, 0.3) is 0 Å². The maximum atomic E-state index is 11.5. The summed E-state index contributed by atoms with van der Waals surface area (Å²) in [6.45, 7) is 5.89. The number of nitrogens with one attached hydrogen (secondary N) is 2. The third kappa shape index (κ3) is 4.02. The molecule has 0 fully saturated rings. The molecule has 90 valence electrons. The maximum absolute atomic E-state index is 11.5. The molecule has 0 aliphatic heterocycles. The van der Waals surface area contributed by atoms with Gasteiger partial charge in [-0.15, -0.1) is 0 Å². The Morgan fingerprint density at radius 2 is 2.38 bits per heavy atom. The van der Waals surface area contributed by atoms with Gasteiger partial charge in [-0.05, 0) is 20.3 Å². The van der Waals surface area contributed by atoms with Crippen molar-refractivity contribution in [1.29, 1.82) is 0 Å². The van der Waals surface area contributed by atoms with Crippen LogP contribution in [0.4, 0.5) is 0 Å². The number of amides is 1. The molecule has 0 saturated heterocycles. The van der Waals surface area contributed by atoms with Crippen molar-refractivity contribution in [2.24, 2.45) is 0 Å². The number of ether oxygens (including phenoxy) is 1. The number of aromatic nitrogens is 2. The Labute approximate surface area is 95.6 Å². The van der Waals surface area contributed by atoms with Crippen LogP contribution >= 0.6 is 0 Å². The van der Waals surface area contributed by atoms with Crippen LogP contribution in [0.15, 0.2) is 12.4 Å². The van der Waals surface area contributed by atoms with E-state index in [4.69, 9.17) is 4.74 Å². The van der Waals surface area contributed by atoms with E-state index in [9.17, 15) is 4.79 Å².